The fourth-order valence-corrected chi connectivity index (χ4v) is 1.35. The van der Waals surface area contributed by atoms with Crippen LogP contribution < -0.4 is 5.32 Å². The molecule has 1 aromatic rings. The van der Waals surface area contributed by atoms with Crippen LogP contribution in [0.5, 0.6) is 0 Å². The van der Waals surface area contributed by atoms with E-state index in [2.05, 4.69) is 10.3 Å². The number of aryl methyl sites for hydroxylation is 1. The molecule has 0 aliphatic heterocycles. The Balaban J connectivity index is 2.71. The van der Waals surface area contributed by atoms with Crippen LogP contribution in [0, 0.1) is 0 Å². The predicted octanol–water partition coefficient (Wildman–Crippen LogP) is 1.58. The first-order valence-corrected chi connectivity index (χ1v) is 5.57. The van der Waals surface area contributed by atoms with Crippen molar-refractivity contribution in [1.82, 2.24) is 4.98 Å². The van der Waals surface area contributed by atoms with E-state index in [1.54, 1.807) is 7.11 Å². The number of ether oxygens (including phenoxy) is 1. The molecule has 0 saturated heterocycles. The molecule has 1 aromatic heterocycles. The van der Waals surface area contributed by atoms with Gasteiger partial charge in [0.25, 0.3) is 0 Å². The van der Waals surface area contributed by atoms with Crippen molar-refractivity contribution in [3.63, 3.8) is 0 Å². The molecule has 1 atom stereocenters. The van der Waals surface area contributed by atoms with Crippen molar-refractivity contribution >= 4 is 5.82 Å². The zero-order valence-electron chi connectivity index (χ0n) is 10.2. The number of aliphatic hydroxyl groups excluding tert-OH is 1. The Morgan fingerprint density at radius 1 is 1.50 bits per heavy atom. The van der Waals surface area contributed by atoms with Crippen molar-refractivity contribution in [2.75, 3.05) is 19.0 Å². The number of aliphatic hydroxyl groups is 1. The normalized spacial score (nSPS) is 12.5. The van der Waals surface area contributed by atoms with Gasteiger partial charge in [-0.1, -0.05) is 6.92 Å². The van der Waals surface area contributed by atoms with Gasteiger partial charge in [0.05, 0.1) is 12.7 Å². The van der Waals surface area contributed by atoms with Crippen LogP contribution in [0.25, 0.3) is 0 Å². The Morgan fingerprint density at radius 3 is 2.81 bits per heavy atom. The third-order valence-electron chi connectivity index (χ3n) is 2.46. The van der Waals surface area contributed by atoms with Gasteiger partial charge >= 0.3 is 0 Å². The average molecular weight is 224 g/mol. The van der Waals surface area contributed by atoms with Gasteiger partial charge in [-0.2, -0.15) is 0 Å². The van der Waals surface area contributed by atoms with Crippen LogP contribution in [0.1, 0.15) is 25.1 Å². The second-order valence-corrected chi connectivity index (χ2v) is 3.79. The van der Waals surface area contributed by atoms with E-state index in [1.165, 1.54) is 0 Å². The predicted molar refractivity (Wildman–Crippen MR) is 64.5 cm³/mol. The van der Waals surface area contributed by atoms with Crippen molar-refractivity contribution < 1.29 is 9.84 Å². The summed E-state index contributed by atoms with van der Waals surface area (Å²) in [5.74, 6) is 0.798. The van der Waals surface area contributed by atoms with Crippen LogP contribution in [-0.4, -0.2) is 29.8 Å². The summed E-state index contributed by atoms with van der Waals surface area (Å²) >= 11 is 0. The van der Waals surface area contributed by atoms with Gasteiger partial charge in [-0.25, -0.2) is 4.98 Å². The highest BCUT2D eigenvalue weighted by molar-refractivity contribution is 5.39. The Morgan fingerprint density at radius 2 is 2.25 bits per heavy atom. The third kappa shape index (κ3) is 3.79. The molecule has 0 amide bonds. The lowest BCUT2D eigenvalue weighted by atomic mass is 10.2. The zero-order chi connectivity index (χ0) is 12.0. The van der Waals surface area contributed by atoms with Gasteiger partial charge < -0.3 is 15.2 Å². The standard InChI is InChI=1S/C12H20N2O2/c1-4-11-5-10(8-15)6-12(14-11)13-7-9(2)16-3/h5-6,9,15H,4,7-8H2,1-3H3,(H,13,14). The Hall–Kier alpha value is -1.13. The minimum absolute atomic E-state index is 0.0457. The van der Waals surface area contributed by atoms with Crippen molar-refractivity contribution in [2.45, 2.75) is 33.0 Å². The number of hydrogen-bond acceptors (Lipinski definition) is 4. The highest BCUT2D eigenvalue weighted by Crippen LogP contribution is 2.11. The van der Waals surface area contributed by atoms with E-state index in [1.807, 2.05) is 26.0 Å². The van der Waals surface area contributed by atoms with Crippen molar-refractivity contribution in [1.29, 1.82) is 0 Å². The number of pyridine rings is 1. The molecule has 0 spiro atoms. The number of nitrogens with zero attached hydrogens (tertiary/aromatic N) is 1. The smallest absolute Gasteiger partial charge is 0.126 e. The fourth-order valence-electron chi connectivity index (χ4n) is 1.35. The minimum atomic E-state index is 0.0457. The van der Waals surface area contributed by atoms with E-state index < -0.39 is 0 Å². The molecule has 1 rings (SSSR count). The lowest BCUT2D eigenvalue weighted by Crippen LogP contribution is -2.19. The summed E-state index contributed by atoms with van der Waals surface area (Å²) in [5, 5.41) is 12.3. The van der Waals surface area contributed by atoms with Crippen LogP contribution in [-0.2, 0) is 17.8 Å². The molecule has 0 radical (unpaired) electrons. The van der Waals surface area contributed by atoms with Crippen molar-refractivity contribution in [2.24, 2.45) is 0 Å². The van der Waals surface area contributed by atoms with Crippen LogP contribution >= 0.6 is 0 Å². The second kappa shape index (κ2) is 6.45. The lowest BCUT2D eigenvalue weighted by Gasteiger charge is -2.12. The van der Waals surface area contributed by atoms with Crippen molar-refractivity contribution in [3.05, 3.63) is 23.4 Å². The fraction of sp³-hybridized carbons (Fsp3) is 0.583. The topological polar surface area (TPSA) is 54.4 Å². The first-order valence-electron chi connectivity index (χ1n) is 5.57. The summed E-state index contributed by atoms with van der Waals surface area (Å²) in [4.78, 5) is 4.43. The van der Waals surface area contributed by atoms with Crippen LogP contribution in [0.4, 0.5) is 5.82 Å². The van der Waals surface area contributed by atoms with E-state index in [0.29, 0.717) is 6.54 Å². The molecule has 0 fully saturated rings. The number of hydrogen-bond donors (Lipinski definition) is 2. The summed E-state index contributed by atoms with van der Waals surface area (Å²) < 4.78 is 5.15. The Bertz CT molecular complexity index is 307. The molecule has 16 heavy (non-hydrogen) atoms. The third-order valence-corrected chi connectivity index (χ3v) is 2.46. The summed E-state index contributed by atoms with van der Waals surface area (Å²) in [6, 6.07) is 3.78. The van der Waals surface area contributed by atoms with Crippen LogP contribution in [0.2, 0.25) is 0 Å². The van der Waals surface area contributed by atoms with Gasteiger partial charge in [0.1, 0.15) is 5.82 Å². The second-order valence-electron chi connectivity index (χ2n) is 3.79. The first-order chi connectivity index (χ1) is 7.69. The molecule has 4 heteroatoms. The molecule has 1 unspecified atom stereocenters. The van der Waals surface area contributed by atoms with E-state index in [9.17, 15) is 0 Å². The highest BCUT2D eigenvalue weighted by Gasteiger charge is 2.03. The van der Waals surface area contributed by atoms with E-state index >= 15 is 0 Å². The zero-order valence-corrected chi connectivity index (χ0v) is 10.2. The van der Waals surface area contributed by atoms with Crippen LogP contribution in [0.15, 0.2) is 12.1 Å². The quantitative estimate of drug-likeness (QED) is 0.770. The van der Waals surface area contributed by atoms with Gasteiger partial charge in [0.2, 0.25) is 0 Å². The maximum Gasteiger partial charge on any atom is 0.126 e. The Kier molecular flexibility index (Phi) is 5.22. The molecule has 0 aliphatic rings. The van der Waals surface area contributed by atoms with Gasteiger partial charge in [-0.15, -0.1) is 0 Å². The molecule has 1 heterocycles. The average Bonchev–Trinajstić information content (AvgIpc) is 2.35. The van der Waals surface area contributed by atoms with E-state index in [0.717, 1.165) is 23.5 Å². The van der Waals surface area contributed by atoms with Crippen molar-refractivity contribution in [3.8, 4) is 0 Å². The molecule has 0 aromatic carbocycles. The minimum Gasteiger partial charge on any atom is -0.392 e. The van der Waals surface area contributed by atoms with E-state index in [4.69, 9.17) is 9.84 Å². The maximum atomic E-state index is 9.13. The molecule has 0 aliphatic carbocycles. The van der Waals surface area contributed by atoms with Gasteiger partial charge in [-0.05, 0) is 31.0 Å². The van der Waals surface area contributed by atoms with E-state index in [-0.39, 0.29) is 12.7 Å². The molecule has 2 N–H and O–H groups in total. The lowest BCUT2D eigenvalue weighted by molar-refractivity contribution is 0.128. The van der Waals surface area contributed by atoms with Gasteiger partial charge in [0.15, 0.2) is 0 Å². The molecule has 0 bridgehead atoms. The largest absolute Gasteiger partial charge is 0.392 e. The number of methoxy groups -OCH3 is 1. The number of rotatable bonds is 6. The SMILES string of the molecule is CCc1cc(CO)cc(NCC(C)OC)n1. The summed E-state index contributed by atoms with van der Waals surface area (Å²) in [6.07, 6.45) is 1.01. The molecule has 0 saturated carbocycles. The van der Waals surface area contributed by atoms with Gasteiger partial charge in [0, 0.05) is 19.3 Å². The molecular formula is C12H20N2O2. The summed E-state index contributed by atoms with van der Waals surface area (Å²) in [5.41, 5.74) is 1.87. The monoisotopic (exact) mass is 224 g/mol. The molecule has 90 valence electrons. The Labute approximate surface area is 96.7 Å². The summed E-state index contributed by atoms with van der Waals surface area (Å²) in [6.45, 7) is 4.79. The number of nitrogens with one attached hydrogen (secondary N) is 1. The maximum absolute atomic E-state index is 9.13. The number of anilines is 1. The van der Waals surface area contributed by atoms with Gasteiger partial charge in [-0.3, -0.25) is 0 Å². The highest BCUT2D eigenvalue weighted by atomic mass is 16.5. The first kappa shape index (κ1) is 12.9. The van der Waals surface area contributed by atoms with Crippen LogP contribution in [0.3, 0.4) is 0 Å². The number of aromatic nitrogens is 1. The molecule has 4 nitrogen and oxygen atoms in total. The molecular weight excluding hydrogens is 204 g/mol. The summed E-state index contributed by atoms with van der Waals surface area (Å²) in [7, 11) is 1.68.